The van der Waals surface area contributed by atoms with Crippen LogP contribution < -0.4 is 5.32 Å². The van der Waals surface area contributed by atoms with Crippen molar-refractivity contribution in [2.24, 2.45) is 0 Å². The third-order valence-electron chi connectivity index (χ3n) is 3.71. The van der Waals surface area contributed by atoms with Gasteiger partial charge in [0.1, 0.15) is 11.6 Å². The van der Waals surface area contributed by atoms with Crippen LogP contribution >= 0.6 is 0 Å². The van der Waals surface area contributed by atoms with E-state index in [1.165, 1.54) is 32.4 Å². The van der Waals surface area contributed by atoms with Crippen LogP contribution in [0.4, 0.5) is 4.39 Å². The molecule has 23 heavy (non-hydrogen) atoms. The van der Waals surface area contributed by atoms with Crippen LogP contribution in [0.2, 0.25) is 0 Å². The summed E-state index contributed by atoms with van der Waals surface area (Å²) in [6.45, 7) is 1.84. The molecule has 0 aliphatic rings. The average Bonchev–Trinajstić information content (AvgIpc) is 2.54. The molecule has 1 aromatic heterocycles. The molecule has 1 aromatic carbocycles. The third kappa shape index (κ3) is 3.84. The number of aromatic hydroxyl groups is 1. The highest BCUT2D eigenvalue weighted by atomic mass is 19.1. The third-order valence-corrected chi connectivity index (χ3v) is 3.71. The monoisotopic (exact) mass is 318 g/mol. The minimum absolute atomic E-state index is 0.0712. The SMILES string of the molecule is CO[C@](C)(C(=O)NCCc1cncc(O)c1)c1ccccc1F. The Morgan fingerprint density at radius 3 is 2.78 bits per heavy atom. The molecule has 1 amide bonds. The summed E-state index contributed by atoms with van der Waals surface area (Å²) in [5.74, 6) is -0.857. The Bertz CT molecular complexity index is 693. The van der Waals surface area contributed by atoms with E-state index in [1.54, 1.807) is 24.4 Å². The number of amides is 1. The van der Waals surface area contributed by atoms with Gasteiger partial charge in [-0.15, -0.1) is 0 Å². The molecular formula is C17H19FN2O3. The fraction of sp³-hybridized carbons (Fsp3) is 0.294. The van der Waals surface area contributed by atoms with Crippen LogP contribution in [0, 0.1) is 5.82 Å². The zero-order valence-electron chi connectivity index (χ0n) is 13.0. The van der Waals surface area contributed by atoms with Crippen molar-refractivity contribution in [2.75, 3.05) is 13.7 Å². The summed E-state index contributed by atoms with van der Waals surface area (Å²) >= 11 is 0. The van der Waals surface area contributed by atoms with Gasteiger partial charge < -0.3 is 15.2 Å². The van der Waals surface area contributed by atoms with Gasteiger partial charge in [-0.25, -0.2) is 4.39 Å². The van der Waals surface area contributed by atoms with Crippen molar-refractivity contribution >= 4 is 5.91 Å². The van der Waals surface area contributed by atoms with E-state index in [4.69, 9.17) is 4.74 Å². The number of benzene rings is 1. The first kappa shape index (κ1) is 16.9. The maximum atomic E-state index is 14.0. The summed E-state index contributed by atoms with van der Waals surface area (Å²) in [5.41, 5.74) is -0.447. The quantitative estimate of drug-likeness (QED) is 0.856. The highest BCUT2D eigenvalue weighted by Gasteiger charge is 2.37. The summed E-state index contributed by atoms with van der Waals surface area (Å²) < 4.78 is 19.3. The number of nitrogens with zero attached hydrogens (tertiary/aromatic N) is 1. The number of ether oxygens (including phenoxy) is 1. The zero-order valence-corrected chi connectivity index (χ0v) is 13.0. The second-order valence-corrected chi connectivity index (χ2v) is 5.27. The lowest BCUT2D eigenvalue weighted by Gasteiger charge is -2.27. The smallest absolute Gasteiger partial charge is 0.256 e. The molecule has 0 spiro atoms. The number of nitrogens with one attached hydrogen (secondary N) is 1. The molecule has 0 saturated heterocycles. The molecule has 5 nitrogen and oxygen atoms in total. The van der Waals surface area contributed by atoms with Gasteiger partial charge in [-0.1, -0.05) is 18.2 Å². The minimum atomic E-state index is -1.41. The van der Waals surface area contributed by atoms with E-state index < -0.39 is 17.3 Å². The Hall–Kier alpha value is -2.47. The van der Waals surface area contributed by atoms with Crippen molar-refractivity contribution < 1.29 is 19.0 Å². The Labute approximate surface area is 134 Å². The molecule has 1 atom stereocenters. The number of methoxy groups -OCH3 is 1. The van der Waals surface area contributed by atoms with E-state index in [0.717, 1.165) is 5.56 Å². The van der Waals surface area contributed by atoms with Crippen LogP contribution in [0.3, 0.4) is 0 Å². The average molecular weight is 318 g/mol. The second kappa shape index (κ2) is 7.19. The van der Waals surface area contributed by atoms with Crippen molar-refractivity contribution in [1.82, 2.24) is 10.3 Å². The van der Waals surface area contributed by atoms with Crippen molar-refractivity contribution in [3.63, 3.8) is 0 Å². The molecule has 2 rings (SSSR count). The molecule has 6 heteroatoms. The lowest BCUT2D eigenvalue weighted by molar-refractivity contribution is -0.142. The normalized spacial score (nSPS) is 13.3. The molecule has 0 radical (unpaired) electrons. The molecule has 1 heterocycles. The standard InChI is InChI=1S/C17H19FN2O3/c1-17(23-2,14-5-3-4-6-15(14)18)16(22)20-8-7-12-9-13(21)11-19-10-12/h3-6,9-11,21H,7-8H2,1-2H3,(H,20,22)/t17-/m0/s1. The van der Waals surface area contributed by atoms with Gasteiger partial charge >= 0.3 is 0 Å². The predicted octanol–water partition coefficient (Wildman–Crippen LogP) is 2.15. The van der Waals surface area contributed by atoms with Gasteiger partial charge in [0.25, 0.3) is 5.91 Å². The minimum Gasteiger partial charge on any atom is -0.506 e. The summed E-state index contributed by atoms with van der Waals surface area (Å²) in [6.07, 6.45) is 3.44. The Morgan fingerprint density at radius 1 is 1.39 bits per heavy atom. The van der Waals surface area contributed by atoms with Crippen molar-refractivity contribution in [3.8, 4) is 5.75 Å². The zero-order chi connectivity index (χ0) is 16.9. The molecule has 0 aliphatic carbocycles. The first-order valence-electron chi connectivity index (χ1n) is 7.18. The summed E-state index contributed by atoms with van der Waals surface area (Å²) in [7, 11) is 1.37. The number of aromatic nitrogens is 1. The number of carbonyl (C=O) groups excluding carboxylic acids is 1. The lowest BCUT2D eigenvalue weighted by atomic mass is 9.94. The summed E-state index contributed by atoms with van der Waals surface area (Å²) in [4.78, 5) is 16.3. The molecular weight excluding hydrogens is 299 g/mol. The molecule has 0 unspecified atom stereocenters. The largest absolute Gasteiger partial charge is 0.506 e. The highest BCUT2D eigenvalue weighted by Crippen LogP contribution is 2.27. The van der Waals surface area contributed by atoms with Gasteiger partial charge in [-0.3, -0.25) is 9.78 Å². The molecule has 2 N–H and O–H groups in total. The molecule has 0 bridgehead atoms. The van der Waals surface area contributed by atoms with Crippen LogP contribution in [0.25, 0.3) is 0 Å². The fourth-order valence-corrected chi connectivity index (χ4v) is 2.27. The number of pyridine rings is 1. The van der Waals surface area contributed by atoms with Crippen LogP contribution in [0.15, 0.2) is 42.7 Å². The van der Waals surface area contributed by atoms with E-state index >= 15 is 0 Å². The van der Waals surface area contributed by atoms with Crippen LogP contribution in [0.5, 0.6) is 5.75 Å². The molecule has 0 fully saturated rings. The van der Waals surface area contributed by atoms with E-state index in [2.05, 4.69) is 10.3 Å². The van der Waals surface area contributed by atoms with Gasteiger partial charge in [-0.05, 0) is 31.0 Å². The number of carbonyl (C=O) groups is 1. The predicted molar refractivity (Wildman–Crippen MR) is 83.4 cm³/mol. The first-order chi connectivity index (χ1) is 11.0. The topological polar surface area (TPSA) is 71.5 Å². The molecule has 0 aliphatic heterocycles. The first-order valence-corrected chi connectivity index (χ1v) is 7.18. The van der Waals surface area contributed by atoms with E-state index in [-0.39, 0.29) is 11.3 Å². The maximum absolute atomic E-state index is 14.0. The van der Waals surface area contributed by atoms with Gasteiger partial charge in [0.15, 0.2) is 5.60 Å². The number of hydrogen-bond donors (Lipinski definition) is 2. The van der Waals surface area contributed by atoms with Crippen molar-refractivity contribution in [3.05, 3.63) is 59.7 Å². The number of halogens is 1. The van der Waals surface area contributed by atoms with Gasteiger partial charge in [0, 0.05) is 25.4 Å². The van der Waals surface area contributed by atoms with Crippen LogP contribution in [-0.4, -0.2) is 29.7 Å². The Balaban J connectivity index is 2.04. The number of rotatable bonds is 6. The van der Waals surface area contributed by atoms with Gasteiger partial charge in [-0.2, -0.15) is 0 Å². The summed E-state index contributed by atoms with van der Waals surface area (Å²) in [6, 6.07) is 7.60. The van der Waals surface area contributed by atoms with E-state index in [1.807, 2.05) is 0 Å². The molecule has 2 aromatic rings. The van der Waals surface area contributed by atoms with Crippen LogP contribution in [-0.2, 0) is 21.6 Å². The fourth-order valence-electron chi connectivity index (χ4n) is 2.27. The van der Waals surface area contributed by atoms with E-state index in [9.17, 15) is 14.3 Å². The van der Waals surface area contributed by atoms with Crippen molar-refractivity contribution in [2.45, 2.75) is 18.9 Å². The summed E-state index contributed by atoms with van der Waals surface area (Å²) in [5, 5.41) is 12.1. The van der Waals surface area contributed by atoms with E-state index in [0.29, 0.717) is 13.0 Å². The lowest BCUT2D eigenvalue weighted by Crippen LogP contribution is -2.44. The molecule has 0 saturated carbocycles. The van der Waals surface area contributed by atoms with Gasteiger partial charge in [0.2, 0.25) is 0 Å². The van der Waals surface area contributed by atoms with Crippen molar-refractivity contribution in [1.29, 1.82) is 0 Å². The second-order valence-electron chi connectivity index (χ2n) is 5.27. The van der Waals surface area contributed by atoms with Gasteiger partial charge in [0.05, 0.1) is 6.20 Å². The Kier molecular flexibility index (Phi) is 5.28. The Morgan fingerprint density at radius 2 is 2.13 bits per heavy atom. The number of hydrogen-bond acceptors (Lipinski definition) is 4. The highest BCUT2D eigenvalue weighted by molar-refractivity contribution is 5.86. The maximum Gasteiger partial charge on any atom is 0.256 e. The molecule has 122 valence electrons. The van der Waals surface area contributed by atoms with Crippen LogP contribution in [0.1, 0.15) is 18.1 Å².